The number of esters is 1. The highest BCUT2D eigenvalue weighted by Crippen LogP contribution is 2.41. The van der Waals surface area contributed by atoms with Gasteiger partial charge in [0.1, 0.15) is 21.5 Å². The minimum absolute atomic E-state index is 0.236. The number of methoxy groups -OCH3 is 1. The molecule has 1 fully saturated rings. The van der Waals surface area contributed by atoms with Crippen molar-refractivity contribution in [1.82, 2.24) is 4.90 Å². The molecule has 0 bridgehead atoms. The lowest BCUT2D eigenvalue weighted by Crippen LogP contribution is -2.37. The first-order valence-electron chi connectivity index (χ1n) is 6.81. The van der Waals surface area contributed by atoms with Crippen molar-refractivity contribution in [2.75, 3.05) is 44.9 Å². The van der Waals surface area contributed by atoms with Gasteiger partial charge in [0.25, 0.3) is 0 Å². The summed E-state index contributed by atoms with van der Waals surface area (Å²) < 4.78 is 4.74. The van der Waals surface area contributed by atoms with Gasteiger partial charge in [-0.15, -0.1) is 11.3 Å². The summed E-state index contributed by atoms with van der Waals surface area (Å²) in [6.45, 7) is 1.80. The van der Waals surface area contributed by atoms with Gasteiger partial charge in [0.15, 0.2) is 0 Å². The molecule has 2 rings (SSSR count). The molecule has 21 heavy (non-hydrogen) atoms. The quantitative estimate of drug-likeness (QED) is 0.849. The van der Waals surface area contributed by atoms with Crippen molar-refractivity contribution in [1.29, 1.82) is 5.26 Å². The van der Waals surface area contributed by atoms with Gasteiger partial charge in [-0.1, -0.05) is 0 Å². The maximum atomic E-state index is 11.8. The second-order valence-corrected chi connectivity index (χ2v) is 6.38. The Labute approximate surface area is 128 Å². The van der Waals surface area contributed by atoms with E-state index >= 15 is 0 Å². The van der Waals surface area contributed by atoms with Gasteiger partial charge in [-0.25, -0.2) is 4.79 Å². The Morgan fingerprint density at radius 3 is 2.90 bits per heavy atom. The van der Waals surface area contributed by atoms with Crippen LogP contribution in [0.1, 0.15) is 28.1 Å². The van der Waals surface area contributed by atoms with Crippen molar-refractivity contribution in [3.63, 3.8) is 0 Å². The number of thiophene rings is 1. The average Bonchev–Trinajstić information content (AvgIpc) is 3.01. The largest absolute Gasteiger partial charge is 0.465 e. The summed E-state index contributed by atoms with van der Waals surface area (Å²) in [5.41, 5.74) is 6.59. The number of anilines is 2. The number of ether oxygens (including phenoxy) is 1. The number of nitrogen functional groups attached to an aromatic ring is 1. The second-order valence-electron chi connectivity index (χ2n) is 5.38. The molecular formula is C14H20N4O2S. The van der Waals surface area contributed by atoms with Crippen LogP contribution in [-0.2, 0) is 4.74 Å². The van der Waals surface area contributed by atoms with Crippen molar-refractivity contribution in [2.45, 2.75) is 18.9 Å². The van der Waals surface area contributed by atoms with E-state index in [1.807, 2.05) is 14.1 Å². The third-order valence-corrected chi connectivity index (χ3v) is 4.85. The van der Waals surface area contributed by atoms with Crippen LogP contribution in [0.15, 0.2) is 0 Å². The van der Waals surface area contributed by atoms with Crippen LogP contribution in [0, 0.1) is 11.3 Å². The number of likely N-dealkylation sites (N-methyl/N-ethyl adjacent to an activating group) is 1. The summed E-state index contributed by atoms with van der Waals surface area (Å²) >= 11 is 1.26. The number of carbonyl (C=O) groups excluding carboxylic acids is 1. The summed E-state index contributed by atoms with van der Waals surface area (Å²) in [6, 6.07) is 2.48. The molecule has 1 aliphatic heterocycles. The first-order chi connectivity index (χ1) is 9.99. The fourth-order valence-corrected chi connectivity index (χ4v) is 3.89. The summed E-state index contributed by atoms with van der Waals surface area (Å²) in [5, 5.41) is 10.2. The zero-order valence-corrected chi connectivity index (χ0v) is 13.4. The van der Waals surface area contributed by atoms with E-state index in [1.165, 1.54) is 18.4 Å². The number of nitrogens with two attached hydrogens (primary N) is 1. The van der Waals surface area contributed by atoms with E-state index in [9.17, 15) is 10.1 Å². The lowest BCUT2D eigenvalue weighted by molar-refractivity contribution is 0.0607. The van der Waals surface area contributed by atoms with E-state index in [0.717, 1.165) is 30.9 Å². The summed E-state index contributed by atoms with van der Waals surface area (Å²) in [7, 11) is 5.38. The van der Waals surface area contributed by atoms with Gasteiger partial charge >= 0.3 is 5.97 Å². The van der Waals surface area contributed by atoms with E-state index < -0.39 is 5.97 Å². The van der Waals surface area contributed by atoms with E-state index in [4.69, 9.17) is 10.5 Å². The molecule has 0 aromatic carbocycles. The Kier molecular flexibility index (Phi) is 4.70. The van der Waals surface area contributed by atoms with Crippen molar-refractivity contribution in [3.05, 3.63) is 10.4 Å². The lowest BCUT2D eigenvalue weighted by Gasteiger charge is -2.28. The Hall–Kier alpha value is -1.78. The molecule has 7 heteroatoms. The van der Waals surface area contributed by atoms with Crippen LogP contribution in [-0.4, -0.2) is 51.2 Å². The Morgan fingerprint density at radius 2 is 2.33 bits per heavy atom. The molecule has 1 atom stereocenters. The van der Waals surface area contributed by atoms with Gasteiger partial charge in [0.2, 0.25) is 0 Å². The van der Waals surface area contributed by atoms with E-state index in [2.05, 4.69) is 15.9 Å². The first kappa shape index (κ1) is 15.6. The molecule has 0 amide bonds. The zero-order chi connectivity index (χ0) is 15.6. The highest BCUT2D eigenvalue weighted by Gasteiger charge is 2.31. The highest BCUT2D eigenvalue weighted by molar-refractivity contribution is 7.18. The number of nitrogens with zero attached hydrogens (tertiary/aromatic N) is 3. The predicted octanol–water partition coefficient (Wildman–Crippen LogP) is 1.52. The number of nitriles is 1. The van der Waals surface area contributed by atoms with E-state index in [1.54, 1.807) is 0 Å². The van der Waals surface area contributed by atoms with Crippen LogP contribution in [0.3, 0.4) is 0 Å². The fraction of sp³-hybridized carbons (Fsp3) is 0.571. The van der Waals surface area contributed by atoms with Gasteiger partial charge in [-0.3, -0.25) is 0 Å². The minimum Gasteiger partial charge on any atom is -0.465 e. The molecule has 114 valence electrons. The van der Waals surface area contributed by atoms with Crippen LogP contribution in [0.5, 0.6) is 0 Å². The van der Waals surface area contributed by atoms with Gasteiger partial charge in [-0.2, -0.15) is 5.26 Å². The van der Waals surface area contributed by atoms with Crippen LogP contribution in [0.4, 0.5) is 10.7 Å². The minimum atomic E-state index is -0.483. The normalized spacial score (nSPS) is 18.0. The highest BCUT2D eigenvalue weighted by atomic mass is 32.1. The third kappa shape index (κ3) is 2.96. The predicted molar refractivity (Wildman–Crippen MR) is 83.7 cm³/mol. The lowest BCUT2D eigenvalue weighted by atomic mass is 10.2. The maximum absolute atomic E-state index is 11.8. The van der Waals surface area contributed by atoms with Crippen molar-refractivity contribution in [2.24, 2.45) is 0 Å². The molecule has 1 aromatic rings. The van der Waals surface area contributed by atoms with Gasteiger partial charge in [0, 0.05) is 19.1 Å². The molecule has 1 aromatic heterocycles. The van der Waals surface area contributed by atoms with Crippen LogP contribution >= 0.6 is 11.3 Å². The topological polar surface area (TPSA) is 82.6 Å². The third-order valence-electron chi connectivity index (χ3n) is 3.62. The zero-order valence-electron chi connectivity index (χ0n) is 12.5. The SMILES string of the molecule is COC(=O)c1sc(N2CCCC2CN(C)C)c(C#N)c1N. The van der Waals surface area contributed by atoms with Gasteiger partial charge < -0.3 is 20.3 Å². The fourth-order valence-electron chi connectivity index (χ4n) is 2.70. The van der Waals surface area contributed by atoms with Gasteiger partial charge in [-0.05, 0) is 26.9 Å². The number of hydrogen-bond donors (Lipinski definition) is 1. The molecular weight excluding hydrogens is 288 g/mol. The van der Waals surface area contributed by atoms with Gasteiger partial charge in [0.05, 0.1) is 12.8 Å². The maximum Gasteiger partial charge on any atom is 0.350 e. The van der Waals surface area contributed by atoms with E-state index in [0.29, 0.717) is 16.5 Å². The standard InChI is InChI=1S/C14H20N4O2S/c1-17(2)8-9-5-4-6-18(9)13-10(7-15)11(16)12(21-13)14(19)20-3/h9H,4-6,8,16H2,1-3H3. The van der Waals surface area contributed by atoms with Crippen LogP contribution in [0.25, 0.3) is 0 Å². The molecule has 2 N–H and O–H groups in total. The molecule has 1 saturated heterocycles. The number of carbonyl (C=O) groups is 1. The molecule has 1 unspecified atom stereocenters. The molecule has 0 aliphatic carbocycles. The van der Waals surface area contributed by atoms with Crippen molar-refractivity contribution in [3.8, 4) is 6.07 Å². The summed E-state index contributed by atoms with van der Waals surface area (Å²) in [4.78, 5) is 16.4. The number of rotatable bonds is 4. The average molecular weight is 308 g/mol. The smallest absolute Gasteiger partial charge is 0.350 e. The Balaban J connectivity index is 2.39. The van der Waals surface area contributed by atoms with Crippen LogP contribution in [0.2, 0.25) is 0 Å². The Morgan fingerprint density at radius 1 is 1.62 bits per heavy atom. The van der Waals surface area contributed by atoms with E-state index in [-0.39, 0.29) is 5.69 Å². The molecule has 6 nitrogen and oxygen atoms in total. The summed E-state index contributed by atoms with van der Waals surface area (Å²) in [5.74, 6) is -0.483. The van der Waals surface area contributed by atoms with Crippen LogP contribution < -0.4 is 10.6 Å². The second kappa shape index (κ2) is 6.33. The molecule has 0 spiro atoms. The van der Waals surface area contributed by atoms with Crippen molar-refractivity contribution >= 4 is 28.0 Å². The monoisotopic (exact) mass is 308 g/mol. The first-order valence-corrected chi connectivity index (χ1v) is 7.63. The molecule has 1 aliphatic rings. The Bertz CT molecular complexity index is 576. The summed E-state index contributed by atoms with van der Waals surface area (Å²) in [6.07, 6.45) is 2.16. The number of hydrogen-bond acceptors (Lipinski definition) is 7. The molecule has 2 heterocycles. The molecule has 0 saturated carbocycles. The van der Waals surface area contributed by atoms with Crippen molar-refractivity contribution < 1.29 is 9.53 Å². The molecule has 0 radical (unpaired) electrons.